The molecule has 2 aliphatic carbocycles. The molecule has 0 bridgehead atoms. The standard InChI is InChI=1S/C26H40O/c1-3-5-6-21-7-11-23(12-8-21)25-15-17-26(18-16-25)24-13-9-22(10-14-24)20-27-19-4-2/h5-6,9-10,13-14,21,23,25-26H,3-4,7-8,11-12,15-20H2,1-2H3. The lowest BCUT2D eigenvalue weighted by atomic mass is 9.68. The second-order valence-corrected chi connectivity index (χ2v) is 8.92. The van der Waals surface area contributed by atoms with E-state index in [0.717, 1.165) is 43.3 Å². The molecule has 0 unspecified atom stereocenters. The van der Waals surface area contributed by atoms with Crippen molar-refractivity contribution >= 4 is 0 Å². The minimum atomic E-state index is 0.761. The van der Waals surface area contributed by atoms with Crippen LogP contribution in [0.25, 0.3) is 0 Å². The molecule has 0 heterocycles. The molecule has 1 aromatic rings. The molecule has 0 aliphatic heterocycles. The van der Waals surface area contributed by atoms with E-state index >= 15 is 0 Å². The van der Waals surface area contributed by atoms with E-state index in [9.17, 15) is 0 Å². The first-order valence-corrected chi connectivity index (χ1v) is 11.6. The minimum Gasteiger partial charge on any atom is -0.377 e. The molecule has 1 aromatic carbocycles. The summed E-state index contributed by atoms with van der Waals surface area (Å²) in [5, 5.41) is 0. The van der Waals surface area contributed by atoms with Crippen LogP contribution in [-0.4, -0.2) is 6.61 Å². The highest BCUT2D eigenvalue weighted by Gasteiger charge is 2.30. The molecule has 1 heteroatoms. The Morgan fingerprint density at radius 3 is 2.07 bits per heavy atom. The Morgan fingerprint density at radius 2 is 1.48 bits per heavy atom. The average molecular weight is 369 g/mol. The fourth-order valence-corrected chi connectivity index (χ4v) is 5.28. The maximum Gasteiger partial charge on any atom is 0.0716 e. The lowest BCUT2D eigenvalue weighted by Gasteiger charge is -2.37. The molecule has 27 heavy (non-hydrogen) atoms. The summed E-state index contributed by atoms with van der Waals surface area (Å²) < 4.78 is 5.66. The zero-order valence-corrected chi connectivity index (χ0v) is 17.7. The molecule has 150 valence electrons. The third kappa shape index (κ3) is 6.21. The lowest BCUT2D eigenvalue weighted by molar-refractivity contribution is 0.121. The van der Waals surface area contributed by atoms with Gasteiger partial charge in [0, 0.05) is 6.61 Å². The summed E-state index contributed by atoms with van der Waals surface area (Å²) in [4.78, 5) is 0. The number of rotatable bonds is 8. The molecule has 1 nitrogen and oxygen atoms in total. The zero-order valence-electron chi connectivity index (χ0n) is 17.7. The predicted molar refractivity (Wildman–Crippen MR) is 116 cm³/mol. The first kappa shape index (κ1) is 20.6. The van der Waals surface area contributed by atoms with E-state index < -0.39 is 0 Å². The van der Waals surface area contributed by atoms with Gasteiger partial charge in [-0.1, -0.05) is 50.3 Å². The van der Waals surface area contributed by atoms with Crippen molar-refractivity contribution in [2.45, 2.75) is 90.6 Å². The molecule has 0 radical (unpaired) electrons. The molecular weight excluding hydrogens is 328 g/mol. The first-order valence-electron chi connectivity index (χ1n) is 11.6. The quantitative estimate of drug-likeness (QED) is 0.338. The van der Waals surface area contributed by atoms with Crippen molar-refractivity contribution < 1.29 is 4.74 Å². The molecule has 0 saturated heterocycles. The summed E-state index contributed by atoms with van der Waals surface area (Å²) in [5.41, 5.74) is 2.87. The van der Waals surface area contributed by atoms with Gasteiger partial charge in [0.1, 0.15) is 0 Å². The van der Waals surface area contributed by atoms with Gasteiger partial charge in [-0.25, -0.2) is 0 Å². The van der Waals surface area contributed by atoms with Crippen LogP contribution < -0.4 is 0 Å². The number of benzene rings is 1. The van der Waals surface area contributed by atoms with Crippen molar-refractivity contribution in [1.29, 1.82) is 0 Å². The minimum absolute atomic E-state index is 0.761. The lowest BCUT2D eigenvalue weighted by Crippen LogP contribution is -2.25. The topological polar surface area (TPSA) is 9.23 Å². The summed E-state index contributed by atoms with van der Waals surface area (Å²) in [6.45, 7) is 6.03. The SMILES string of the molecule is CCC=CC1CCC(C2CCC(c3ccc(COCCC)cc3)CC2)CC1. The van der Waals surface area contributed by atoms with Gasteiger partial charge in [0.25, 0.3) is 0 Å². The Balaban J connectivity index is 1.42. The molecule has 3 rings (SSSR count). The van der Waals surface area contributed by atoms with E-state index in [1.54, 1.807) is 5.56 Å². The van der Waals surface area contributed by atoms with Gasteiger partial charge >= 0.3 is 0 Å². The molecule has 0 N–H and O–H groups in total. The highest BCUT2D eigenvalue weighted by molar-refractivity contribution is 5.25. The van der Waals surface area contributed by atoms with Crippen molar-refractivity contribution in [2.75, 3.05) is 6.61 Å². The molecule has 0 spiro atoms. The van der Waals surface area contributed by atoms with Gasteiger partial charge in [-0.05, 0) is 99.0 Å². The van der Waals surface area contributed by atoms with E-state index in [0.29, 0.717) is 0 Å². The third-order valence-electron chi connectivity index (χ3n) is 6.97. The van der Waals surface area contributed by atoms with Gasteiger partial charge in [-0.15, -0.1) is 0 Å². The summed E-state index contributed by atoms with van der Waals surface area (Å²) in [7, 11) is 0. The molecule has 2 saturated carbocycles. The summed E-state index contributed by atoms with van der Waals surface area (Å²) in [6, 6.07) is 9.28. The molecule has 2 fully saturated rings. The van der Waals surface area contributed by atoms with Crippen molar-refractivity contribution in [3.63, 3.8) is 0 Å². The Hall–Kier alpha value is -1.08. The normalized spacial score (nSPS) is 29.3. The van der Waals surface area contributed by atoms with Crippen molar-refractivity contribution in [2.24, 2.45) is 17.8 Å². The fourth-order valence-electron chi connectivity index (χ4n) is 5.28. The predicted octanol–water partition coefficient (Wildman–Crippen LogP) is 7.66. The van der Waals surface area contributed by atoms with Crippen molar-refractivity contribution in [3.8, 4) is 0 Å². The van der Waals surface area contributed by atoms with Crippen molar-refractivity contribution in [3.05, 3.63) is 47.5 Å². The van der Waals surface area contributed by atoms with Crippen LogP contribution in [-0.2, 0) is 11.3 Å². The maximum atomic E-state index is 5.66. The van der Waals surface area contributed by atoms with Crippen LogP contribution in [0.1, 0.15) is 95.1 Å². The summed E-state index contributed by atoms with van der Waals surface area (Å²) >= 11 is 0. The second-order valence-electron chi connectivity index (χ2n) is 8.92. The van der Waals surface area contributed by atoms with Gasteiger partial charge < -0.3 is 4.74 Å². The number of hydrogen-bond donors (Lipinski definition) is 0. The largest absolute Gasteiger partial charge is 0.377 e. The maximum absolute atomic E-state index is 5.66. The zero-order chi connectivity index (χ0) is 18.9. The van der Waals surface area contributed by atoms with E-state index in [4.69, 9.17) is 4.74 Å². The Labute approximate surface area is 167 Å². The van der Waals surface area contributed by atoms with E-state index in [-0.39, 0.29) is 0 Å². The Morgan fingerprint density at radius 1 is 0.852 bits per heavy atom. The smallest absolute Gasteiger partial charge is 0.0716 e. The Kier molecular flexibility index (Phi) is 8.45. The first-order chi connectivity index (χ1) is 13.3. The summed E-state index contributed by atoms with van der Waals surface area (Å²) in [5.74, 6) is 3.67. The fraction of sp³-hybridized carbons (Fsp3) is 0.692. The van der Waals surface area contributed by atoms with Gasteiger partial charge in [0.05, 0.1) is 6.61 Å². The Bertz CT molecular complexity index is 542. The monoisotopic (exact) mass is 368 g/mol. The molecule has 0 aromatic heterocycles. The van der Waals surface area contributed by atoms with Crippen LogP contribution in [0.2, 0.25) is 0 Å². The molecule has 2 aliphatic rings. The van der Waals surface area contributed by atoms with E-state index in [2.05, 4.69) is 50.3 Å². The van der Waals surface area contributed by atoms with E-state index in [1.807, 2.05) is 0 Å². The van der Waals surface area contributed by atoms with Gasteiger partial charge in [0.15, 0.2) is 0 Å². The molecule has 0 atom stereocenters. The van der Waals surface area contributed by atoms with Crippen LogP contribution in [0.3, 0.4) is 0 Å². The van der Waals surface area contributed by atoms with E-state index in [1.165, 1.54) is 63.4 Å². The van der Waals surface area contributed by atoms with Crippen LogP contribution in [0.4, 0.5) is 0 Å². The van der Waals surface area contributed by atoms with Crippen LogP contribution in [0.15, 0.2) is 36.4 Å². The van der Waals surface area contributed by atoms with Gasteiger partial charge in [-0.2, -0.15) is 0 Å². The van der Waals surface area contributed by atoms with Crippen LogP contribution in [0, 0.1) is 17.8 Å². The highest BCUT2D eigenvalue weighted by Crippen LogP contribution is 2.44. The van der Waals surface area contributed by atoms with Gasteiger partial charge in [0.2, 0.25) is 0 Å². The average Bonchev–Trinajstić information content (AvgIpc) is 2.73. The molecular formula is C26H40O. The number of ether oxygens (including phenoxy) is 1. The number of allylic oxidation sites excluding steroid dienone is 2. The second kappa shape index (κ2) is 11.1. The third-order valence-corrected chi connectivity index (χ3v) is 6.97. The highest BCUT2D eigenvalue weighted by atomic mass is 16.5. The van der Waals surface area contributed by atoms with Crippen LogP contribution in [0.5, 0.6) is 0 Å². The molecule has 0 amide bonds. The summed E-state index contributed by atoms with van der Waals surface area (Å²) in [6.07, 6.45) is 18.7. The number of hydrogen-bond acceptors (Lipinski definition) is 1. The van der Waals surface area contributed by atoms with Gasteiger partial charge in [-0.3, -0.25) is 0 Å². The van der Waals surface area contributed by atoms with Crippen molar-refractivity contribution in [1.82, 2.24) is 0 Å². The van der Waals surface area contributed by atoms with Crippen LogP contribution >= 0.6 is 0 Å².